The highest BCUT2D eigenvalue weighted by molar-refractivity contribution is 5.11. The molecule has 0 saturated carbocycles. The summed E-state index contributed by atoms with van der Waals surface area (Å²) in [6.45, 7) is 1.90. The number of aromatic nitrogens is 4. The Kier molecular flexibility index (Phi) is 4.35. The molecule has 1 atom stereocenters. The summed E-state index contributed by atoms with van der Waals surface area (Å²) in [5.41, 5.74) is 2.19. The second kappa shape index (κ2) is 6.58. The zero-order valence-corrected chi connectivity index (χ0v) is 12.1. The molecule has 0 aromatic carbocycles. The van der Waals surface area contributed by atoms with E-state index in [1.165, 1.54) is 12.8 Å². The maximum atomic E-state index is 5.00. The second-order valence-corrected chi connectivity index (χ2v) is 5.19. The third kappa shape index (κ3) is 3.33. The Bertz CT molecular complexity index is 560. The summed E-state index contributed by atoms with van der Waals surface area (Å²) in [4.78, 5) is 19.2. The molecule has 21 heavy (non-hydrogen) atoms. The number of nitrogens with zero attached hydrogens (tertiary/aromatic N) is 5. The van der Waals surface area contributed by atoms with Crippen molar-refractivity contribution in [2.24, 2.45) is 0 Å². The Labute approximate surface area is 124 Å². The lowest BCUT2D eigenvalue weighted by Crippen LogP contribution is -2.33. The number of hydrogen-bond acceptors (Lipinski definition) is 6. The van der Waals surface area contributed by atoms with Crippen LogP contribution in [0, 0.1) is 0 Å². The maximum absolute atomic E-state index is 5.00. The molecule has 0 bridgehead atoms. The van der Waals surface area contributed by atoms with Crippen molar-refractivity contribution in [2.75, 3.05) is 13.7 Å². The van der Waals surface area contributed by atoms with Crippen LogP contribution in [0.2, 0.25) is 0 Å². The fourth-order valence-corrected chi connectivity index (χ4v) is 2.78. The zero-order chi connectivity index (χ0) is 14.5. The Balaban J connectivity index is 1.75. The number of likely N-dealkylation sites (tertiary alicyclic amines) is 1. The summed E-state index contributed by atoms with van der Waals surface area (Å²) < 4.78 is 5.00. The van der Waals surface area contributed by atoms with Gasteiger partial charge in [0, 0.05) is 30.7 Å². The van der Waals surface area contributed by atoms with Crippen molar-refractivity contribution in [3.63, 3.8) is 0 Å². The monoisotopic (exact) mass is 285 g/mol. The van der Waals surface area contributed by atoms with E-state index in [0.29, 0.717) is 12.1 Å². The Morgan fingerprint density at radius 2 is 2.10 bits per heavy atom. The molecule has 110 valence electrons. The minimum Gasteiger partial charge on any atom is -0.467 e. The molecule has 1 aliphatic rings. The van der Waals surface area contributed by atoms with Crippen LogP contribution in [0.5, 0.6) is 6.01 Å². The molecule has 2 aromatic heterocycles. The summed E-state index contributed by atoms with van der Waals surface area (Å²) in [6, 6.07) is 2.77. The van der Waals surface area contributed by atoms with Crippen LogP contribution in [0.15, 0.2) is 31.0 Å². The van der Waals surface area contributed by atoms with Crippen molar-refractivity contribution in [3.8, 4) is 6.01 Å². The van der Waals surface area contributed by atoms with E-state index in [9.17, 15) is 0 Å². The van der Waals surface area contributed by atoms with Gasteiger partial charge in [0.2, 0.25) is 0 Å². The number of piperidine rings is 1. The van der Waals surface area contributed by atoms with Crippen molar-refractivity contribution in [2.45, 2.75) is 31.8 Å². The highest BCUT2D eigenvalue weighted by atomic mass is 16.5. The lowest BCUT2D eigenvalue weighted by atomic mass is 9.98. The predicted molar refractivity (Wildman–Crippen MR) is 77.6 cm³/mol. The van der Waals surface area contributed by atoms with Gasteiger partial charge >= 0.3 is 6.01 Å². The Hall–Kier alpha value is -2.08. The van der Waals surface area contributed by atoms with Crippen molar-refractivity contribution in [1.29, 1.82) is 0 Å². The topological polar surface area (TPSA) is 64.0 Å². The summed E-state index contributed by atoms with van der Waals surface area (Å²) in [5.74, 6) is 0. The molecule has 0 N–H and O–H groups in total. The minimum atomic E-state index is 0.351. The van der Waals surface area contributed by atoms with Crippen molar-refractivity contribution in [3.05, 3.63) is 42.2 Å². The van der Waals surface area contributed by atoms with Gasteiger partial charge in [0.05, 0.1) is 18.8 Å². The smallest absolute Gasteiger partial charge is 0.316 e. The predicted octanol–water partition coefficient (Wildman–Crippen LogP) is 2.00. The van der Waals surface area contributed by atoms with E-state index in [-0.39, 0.29) is 0 Å². The second-order valence-electron chi connectivity index (χ2n) is 5.19. The molecular weight excluding hydrogens is 266 g/mol. The van der Waals surface area contributed by atoms with Gasteiger partial charge in [-0.15, -0.1) is 0 Å². The van der Waals surface area contributed by atoms with Crippen LogP contribution < -0.4 is 4.74 Å². The highest BCUT2D eigenvalue weighted by Crippen LogP contribution is 2.30. The number of methoxy groups -OCH3 is 1. The van der Waals surface area contributed by atoms with Gasteiger partial charge < -0.3 is 4.74 Å². The van der Waals surface area contributed by atoms with Crippen LogP contribution in [0.1, 0.15) is 36.6 Å². The molecule has 3 heterocycles. The molecule has 1 aliphatic heterocycles. The lowest BCUT2D eigenvalue weighted by Gasteiger charge is -2.35. The first kappa shape index (κ1) is 13.9. The molecule has 6 heteroatoms. The van der Waals surface area contributed by atoms with Gasteiger partial charge in [-0.3, -0.25) is 4.90 Å². The lowest BCUT2D eigenvalue weighted by molar-refractivity contribution is 0.137. The van der Waals surface area contributed by atoms with Crippen LogP contribution in [0.25, 0.3) is 0 Å². The molecule has 1 saturated heterocycles. The fourth-order valence-electron chi connectivity index (χ4n) is 2.78. The number of rotatable bonds is 4. The third-order valence-electron chi connectivity index (χ3n) is 3.81. The van der Waals surface area contributed by atoms with Gasteiger partial charge in [-0.05, 0) is 25.5 Å². The first-order chi connectivity index (χ1) is 10.4. The average Bonchev–Trinajstić information content (AvgIpc) is 2.57. The molecule has 2 aromatic rings. The van der Waals surface area contributed by atoms with E-state index in [1.54, 1.807) is 13.4 Å². The first-order valence-corrected chi connectivity index (χ1v) is 7.21. The molecule has 6 nitrogen and oxygen atoms in total. The van der Waals surface area contributed by atoms with Gasteiger partial charge in [-0.1, -0.05) is 6.42 Å². The molecule has 0 radical (unpaired) electrons. The molecule has 1 unspecified atom stereocenters. The summed E-state index contributed by atoms with van der Waals surface area (Å²) in [5, 5.41) is 0. The van der Waals surface area contributed by atoms with Crippen molar-refractivity contribution < 1.29 is 4.74 Å². The standard InChI is InChI=1S/C15H19N5O/c1-21-15-17-8-12(9-18-15)10-20-7-3-2-4-14(20)13-5-6-16-11-19-13/h5-6,8-9,11,14H,2-4,7,10H2,1H3. The summed E-state index contributed by atoms with van der Waals surface area (Å²) in [7, 11) is 1.57. The third-order valence-corrected chi connectivity index (χ3v) is 3.81. The molecule has 0 aliphatic carbocycles. The quantitative estimate of drug-likeness (QED) is 0.856. The Morgan fingerprint density at radius 1 is 1.24 bits per heavy atom. The first-order valence-electron chi connectivity index (χ1n) is 7.21. The van der Waals surface area contributed by atoms with E-state index in [4.69, 9.17) is 4.74 Å². The fraction of sp³-hybridized carbons (Fsp3) is 0.467. The van der Waals surface area contributed by atoms with Crippen molar-refractivity contribution >= 4 is 0 Å². The molecule has 1 fully saturated rings. The van der Waals surface area contributed by atoms with Crippen LogP contribution in [-0.2, 0) is 6.54 Å². The van der Waals surface area contributed by atoms with Gasteiger partial charge in [0.1, 0.15) is 6.33 Å². The SMILES string of the molecule is COc1ncc(CN2CCCCC2c2ccncn2)cn1. The summed E-state index contributed by atoms with van der Waals surface area (Å²) >= 11 is 0. The van der Waals surface area contributed by atoms with Gasteiger partial charge in [-0.2, -0.15) is 0 Å². The molecule has 0 amide bonds. The summed E-state index contributed by atoms with van der Waals surface area (Å²) in [6.07, 6.45) is 10.7. The molecular formula is C15H19N5O. The minimum absolute atomic E-state index is 0.351. The van der Waals surface area contributed by atoms with Gasteiger partial charge in [0.15, 0.2) is 0 Å². The zero-order valence-electron chi connectivity index (χ0n) is 12.1. The van der Waals surface area contributed by atoms with E-state index >= 15 is 0 Å². The highest BCUT2D eigenvalue weighted by Gasteiger charge is 2.25. The maximum Gasteiger partial charge on any atom is 0.316 e. The number of ether oxygens (including phenoxy) is 1. The largest absolute Gasteiger partial charge is 0.467 e. The van der Waals surface area contributed by atoms with Crippen LogP contribution in [-0.4, -0.2) is 38.5 Å². The van der Waals surface area contributed by atoms with Gasteiger partial charge in [0.25, 0.3) is 0 Å². The average molecular weight is 285 g/mol. The van der Waals surface area contributed by atoms with E-state index in [1.807, 2.05) is 24.7 Å². The van der Waals surface area contributed by atoms with E-state index < -0.39 is 0 Å². The van der Waals surface area contributed by atoms with Crippen molar-refractivity contribution in [1.82, 2.24) is 24.8 Å². The van der Waals surface area contributed by atoms with Gasteiger partial charge in [-0.25, -0.2) is 19.9 Å². The Morgan fingerprint density at radius 3 is 2.81 bits per heavy atom. The van der Waals surface area contributed by atoms with E-state index in [2.05, 4.69) is 24.8 Å². The number of hydrogen-bond donors (Lipinski definition) is 0. The van der Waals surface area contributed by atoms with Crippen LogP contribution in [0.4, 0.5) is 0 Å². The molecule has 3 rings (SSSR count). The van der Waals surface area contributed by atoms with Crippen LogP contribution >= 0.6 is 0 Å². The molecule has 0 spiro atoms. The van der Waals surface area contributed by atoms with E-state index in [0.717, 1.165) is 30.8 Å². The normalized spacial score (nSPS) is 19.4. The van der Waals surface area contributed by atoms with Crippen LogP contribution in [0.3, 0.4) is 0 Å².